The molecular formula is C28H28N4O3. The van der Waals surface area contributed by atoms with Crippen molar-refractivity contribution in [3.63, 3.8) is 0 Å². The second kappa shape index (κ2) is 8.91. The van der Waals surface area contributed by atoms with Gasteiger partial charge in [-0.25, -0.2) is 0 Å². The summed E-state index contributed by atoms with van der Waals surface area (Å²) in [6, 6.07) is 21.1. The molecule has 1 N–H and O–H groups in total. The van der Waals surface area contributed by atoms with Crippen molar-refractivity contribution in [2.24, 2.45) is 0 Å². The number of carbonyl (C=O) groups excluding carboxylic acids is 2. The summed E-state index contributed by atoms with van der Waals surface area (Å²) >= 11 is 0. The number of amides is 2. The Labute approximate surface area is 204 Å². The normalized spacial score (nSPS) is 17.3. The van der Waals surface area contributed by atoms with Gasteiger partial charge >= 0.3 is 0 Å². The van der Waals surface area contributed by atoms with Crippen LogP contribution in [0.15, 0.2) is 77.4 Å². The van der Waals surface area contributed by atoms with E-state index in [0.717, 1.165) is 23.1 Å². The van der Waals surface area contributed by atoms with E-state index in [2.05, 4.69) is 17.3 Å². The van der Waals surface area contributed by atoms with Gasteiger partial charge in [-0.1, -0.05) is 48.9 Å². The largest absolute Gasteiger partial charge is 0.463 e. The van der Waals surface area contributed by atoms with Crippen LogP contribution < -0.4 is 10.2 Å². The number of rotatable bonds is 6. The van der Waals surface area contributed by atoms with E-state index in [4.69, 9.17) is 4.42 Å². The van der Waals surface area contributed by atoms with Crippen LogP contribution in [0.5, 0.6) is 0 Å². The Morgan fingerprint density at radius 1 is 1.09 bits per heavy atom. The van der Waals surface area contributed by atoms with E-state index in [1.165, 1.54) is 0 Å². The fourth-order valence-corrected chi connectivity index (χ4v) is 4.49. The lowest BCUT2D eigenvalue weighted by Gasteiger charge is -2.43. The molecule has 0 spiro atoms. The van der Waals surface area contributed by atoms with Crippen LogP contribution in [0.25, 0.3) is 11.5 Å². The molecule has 0 saturated heterocycles. The molecule has 1 aliphatic heterocycles. The van der Waals surface area contributed by atoms with Crippen molar-refractivity contribution in [2.45, 2.75) is 45.8 Å². The Kier molecular flexibility index (Phi) is 5.76. The molecule has 1 atom stereocenters. The van der Waals surface area contributed by atoms with Crippen molar-refractivity contribution in [3.8, 4) is 11.5 Å². The Morgan fingerprint density at radius 2 is 1.80 bits per heavy atom. The standard InChI is InChI=1S/C28H28N4O3/c1-4-20-11-13-22(14-12-20)32-26(33)24-16-23(25-6-5-15-35-25)30-31(24)18-28(32,3)27(34)29-17-21-9-7-19(2)8-10-21/h5-16H,4,17-18H2,1-3H3,(H,29,34)/t28-/m0/s1. The molecule has 2 amide bonds. The van der Waals surface area contributed by atoms with Gasteiger partial charge in [0.05, 0.1) is 12.8 Å². The predicted octanol–water partition coefficient (Wildman–Crippen LogP) is 4.75. The van der Waals surface area contributed by atoms with Gasteiger partial charge in [0.15, 0.2) is 5.76 Å². The average molecular weight is 469 g/mol. The number of hydrogen-bond donors (Lipinski definition) is 1. The van der Waals surface area contributed by atoms with Crippen LogP contribution >= 0.6 is 0 Å². The van der Waals surface area contributed by atoms with Gasteiger partial charge in [0.25, 0.3) is 5.91 Å². The van der Waals surface area contributed by atoms with Gasteiger partial charge in [-0.15, -0.1) is 0 Å². The van der Waals surface area contributed by atoms with Crippen LogP contribution in [0.4, 0.5) is 5.69 Å². The summed E-state index contributed by atoms with van der Waals surface area (Å²) in [4.78, 5) is 29.1. The zero-order valence-corrected chi connectivity index (χ0v) is 20.1. The minimum Gasteiger partial charge on any atom is -0.463 e. The van der Waals surface area contributed by atoms with Gasteiger partial charge in [0.1, 0.15) is 16.9 Å². The number of nitrogens with zero attached hydrogens (tertiary/aromatic N) is 3. The van der Waals surface area contributed by atoms with E-state index in [9.17, 15) is 9.59 Å². The van der Waals surface area contributed by atoms with Crippen LogP contribution in [-0.4, -0.2) is 27.1 Å². The van der Waals surface area contributed by atoms with Gasteiger partial charge in [-0.05, 0) is 55.7 Å². The third kappa shape index (κ3) is 4.14. The molecule has 0 saturated carbocycles. The van der Waals surface area contributed by atoms with Gasteiger partial charge < -0.3 is 9.73 Å². The third-order valence-corrected chi connectivity index (χ3v) is 6.59. The highest BCUT2D eigenvalue weighted by molar-refractivity contribution is 6.12. The molecule has 4 aromatic rings. The maximum absolute atomic E-state index is 13.8. The molecule has 5 rings (SSSR count). The molecule has 2 aromatic heterocycles. The molecule has 2 aromatic carbocycles. The average Bonchev–Trinajstić information content (AvgIpc) is 3.54. The van der Waals surface area contributed by atoms with Gasteiger partial charge in [0.2, 0.25) is 5.91 Å². The molecule has 0 unspecified atom stereocenters. The highest BCUT2D eigenvalue weighted by atomic mass is 16.3. The summed E-state index contributed by atoms with van der Waals surface area (Å²) in [5, 5.41) is 7.64. The van der Waals surface area contributed by atoms with Crippen molar-refractivity contribution >= 4 is 17.5 Å². The lowest BCUT2D eigenvalue weighted by Crippen LogP contribution is -2.64. The number of hydrogen-bond acceptors (Lipinski definition) is 4. The van der Waals surface area contributed by atoms with Gasteiger partial charge in [0, 0.05) is 18.3 Å². The zero-order valence-electron chi connectivity index (χ0n) is 20.1. The quantitative estimate of drug-likeness (QED) is 0.443. The van der Waals surface area contributed by atoms with Crippen LogP contribution in [0.1, 0.15) is 41.0 Å². The van der Waals surface area contributed by atoms with Crippen molar-refractivity contribution in [1.82, 2.24) is 15.1 Å². The summed E-state index contributed by atoms with van der Waals surface area (Å²) in [7, 11) is 0. The van der Waals surface area contributed by atoms with Crippen LogP contribution in [0, 0.1) is 6.92 Å². The first-order valence-corrected chi connectivity index (χ1v) is 11.8. The highest BCUT2D eigenvalue weighted by Gasteiger charge is 2.49. The van der Waals surface area contributed by atoms with E-state index in [-0.39, 0.29) is 18.4 Å². The number of nitrogens with one attached hydrogen (secondary N) is 1. The first kappa shape index (κ1) is 22.7. The second-order valence-electron chi connectivity index (χ2n) is 9.15. The maximum Gasteiger partial charge on any atom is 0.277 e. The fraction of sp³-hybridized carbons (Fsp3) is 0.250. The first-order chi connectivity index (χ1) is 16.9. The van der Waals surface area contributed by atoms with Gasteiger partial charge in [-0.3, -0.25) is 19.2 Å². The molecule has 35 heavy (non-hydrogen) atoms. The number of anilines is 1. The molecule has 7 heteroatoms. The predicted molar refractivity (Wildman–Crippen MR) is 134 cm³/mol. The molecule has 0 fully saturated rings. The van der Waals surface area contributed by atoms with E-state index >= 15 is 0 Å². The SMILES string of the molecule is CCc1ccc(N2C(=O)c3cc(-c4ccco4)nn3C[C@@]2(C)C(=O)NCc2ccc(C)cc2)cc1. The third-order valence-electron chi connectivity index (χ3n) is 6.59. The van der Waals surface area contributed by atoms with Crippen molar-refractivity contribution in [1.29, 1.82) is 0 Å². The van der Waals surface area contributed by atoms with E-state index < -0.39 is 5.54 Å². The molecule has 0 bridgehead atoms. The summed E-state index contributed by atoms with van der Waals surface area (Å²) in [5.41, 5.74) is 3.78. The first-order valence-electron chi connectivity index (χ1n) is 11.8. The Morgan fingerprint density at radius 3 is 2.46 bits per heavy atom. The number of furan rings is 1. The number of aromatic nitrogens is 2. The van der Waals surface area contributed by atoms with Gasteiger partial charge in [-0.2, -0.15) is 5.10 Å². The Hall–Kier alpha value is -4.13. The molecule has 178 valence electrons. The molecule has 0 aliphatic carbocycles. The number of carbonyl (C=O) groups is 2. The molecule has 7 nitrogen and oxygen atoms in total. The summed E-state index contributed by atoms with van der Waals surface area (Å²) in [5.74, 6) is 0.0505. The smallest absolute Gasteiger partial charge is 0.277 e. The minimum absolute atomic E-state index is 0.212. The summed E-state index contributed by atoms with van der Waals surface area (Å²) in [6.07, 6.45) is 2.46. The lowest BCUT2D eigenvalue weighted by molar-refractivity contribution is -0.126. The number of benzene rings is 2. The molecular weight excluding hydrogens is 440 g/mol. The maximum atomic E-state index is 13.8. The fourth-order valence-electron chi connectivity index (χ4n) is 4.49. The summed E-state index contributed by atoms with van der Waals surface area (Å²) in [6.45, 7) is 6.48. The van der Waals surface area contributed by atoms with Crippen LogP contribution in [-0.2, 0) is 24.3 Å². The Bertz CT molecular complexity index is 1350. The van der Waals surface area contributed by atoms with E-state index in [1.807, 2.05) is 55.5 Å². The van der Waals surface area contributed by atoms with E-state index in [0.29, 0.717) is 29.4 Å². The van der Waals surface area contributed by atoms with E-state index in [1.54, 1.807) is 41.0 Å². The summed E-state index contributed by atoms with van der Waals surface area (Å²) < 4.78 is 7.10. The number of aryl methyl sites for hydroxylation is 2. The monoisotopic (exact) mass is 468 g/mol. The Balaban J connectivity index is 1.52. The minimum atomic E-state index is -1.19. The van der Waals surface area contributed by atoms with Crippen LogP contribution in [0.2, 0.25) is 0 Å². The zero-order chi connectivity index (χ0) is 24.6. The number of fused-ring (bicyclic) bond motifs is 1. The molecule has 1 aliphatic rings. The van der Waals surface area contributed by atoms with Crippen LogP contribution in [0.3, 0.4) is 0 Å². The van der Waals surface area contributed by atoms with Crippen molar-refractivity contribution in [2.75, 3.05) is 4.90 Å². The molecule has 3 heterocycles. The van der Waals surface area contributed by atoms with Crippen molar-refractivity contribution in [3.05, 3.63) is 95.4 Å². The van der Waals surface area contributed by atoms with Crippen molar-refractivity contribution < 1.29 is 14.0 Å². The second-order valence-corrected chi connectivity index (χ2v) is 9.15. The topological polar surface area (TPSA) is 80.4 Å². The highest BCUT2D eigenvalue weighted by Crippen LogP contribution is 2.34. The molecule has 0 radical (unpaired) electrons. The lowest BCUT2D eigenvalue weighted by atomic mass is 9.93.